The lowest BCUT2D eigenvalue weighted by molar-refractivity contribution is 0.102. The smallest absolute Gasteiger partial charge is 0.221 e. The summed E-state index contributed by atoms with van der Waals surface area (Å²) in [5.41, 5.74) is 5.52. The van der Waals surface area contributed by atoms with Crippen molar-refractivity contribution < 1.29 is 4.74 Å². The maximum absolute atomic E-state index is 5.75. The third-order valence-corrected chi connectivity index (χ3v) is 3.11. The van der Waals surface area contributed by atoms with Gasteiger partial charge in [-0.25, -0.2) is 4.98 Å². The fourth-order valence-electron chi connectivity index (χ4n) is 2.43. The molecule has 0 aliphatic carbocycles. The highest BCUT2D eigenvalue weighted by Gasteiger charge is 2.40. The SMILES string of the molecule is Nc1nccc(NC2CC3CCC2O3)n1. The molecule has 3 rings (SSSR count). The Morgan fingerprint density at radius 2 is 2.40 bits per heavy atom. The lowest BCUT2D eigenvalue weighted by Gasteiger charge is -2.20. The van der Waals surface area contributed by atoms with Crippen molar-refractivity contribution in [3.8, 4) is 0 Å². The summed E-state index contributed by atoms with van der Waals surface area (Å²) in [7, 11) is 0. The van der Waals surface area contributed by atoms with Gasteiger partial charge < -0.3 is 15.8 Å². The number of rotatable bonds is 2. The van der Waals surface area contributed by atoms with Crippen molar-refractivity contribution in [2.24, 2.45) is 0 Å². The van der Waals surface area contributed by atoms with Crippen LogP contribution in [0.5, 0.6) is 0 Å². The lowest BCUT2D eigenvalue weighted by atomic mass is 9.95. The second-order valence-corrected chi connectivity index (χ2v) is 4.16. The van der Waals surface area contributed by atoms with Crippen LogP contribution in [-0.4, -0.2) is 28.2 Å². The van der Waals surface area contributed by atoms with E-state index in [4.69, 9.17) is 10.5 Å². The van der Waals surface area contributed by atoms with E-state index in [0.717, 1.165) is 18.7 Å². The first-order valence-electron chi connectivity index (χ1n) is 5.32. The Kier molecular flexibility index (Phi) is 1.98. The van der Waals surface area contributed by atoms with Crippen molar-refractivity contribution in [2.75, 3.05) is 11.1 Å². The molecule has 3 N–H and O–H groups in total. The highest BCUT2D eigenvalue weighted by Crippen LogP contribution is 2.35. The van der Waals surface area contributed by atoms with Crippen molar-refractivity contribution in [3.05, 3.63) is 12.3 Å². The Bertz CT molecular complexity index is 370. The van der Waals surface area contributed by atoms with Gasteiger partial charge in [-0.15, -0.1) is 0 Å². The van der Waals surface area contributed by atoms with E-state index in [0.29, 0.717) is 24.2 Å². The Labute approximate surface area is 88.1 Å². The number of anilines is 2. The van der Waals surface area contributed by atoms with Crippen molar-refractivity contribution in [1.29, 1.82) is 0 Å². The highest BCUT2D eigenvalue weighted by atomic mass is 16.5. The maximum atomic E-state index is 5.75. The zero-order chi connectivity index (χ0) is 10.3. The summed E-state index contributed by atoms with van der Waals surface area (Å²) in [6.07, 6.45) is 5.91. The molecule has 3 heterocycles. The monoisotopic (exact) mass is 206 g/mol. The van der Waals surface area contributed by atoms with Crippen LogP contribution in [0.25, 0.3) is 0 Å². The number of fused-ring (bicyclic) bond motifs is 2. The van der Waals surface area contributed by atoms with E-state index in [1.165, 1.54) is 6.42 Å². The summed E-state index contributed by atoms with van der Waals surface area (Å²) >= 11 is 0. The molecule has 0 spiro atoms. The third kappa shape index (κ3) is 1.63. The van der Waals surface area contributed by atoms with E-state index in [-0.39, 0.29) is 0 Å². The van der Waals surface area contributed by atoms with Crippen LogP contribution in [0.3, 0.4) is 0 Å². The number of nitrogens with two attached hydrogens (primary N) is 1. The minimum absolute atomic E-state index is 0.309. The molecule has 3 unspecified atom stereocenters. The standard InChI is InChI=1S/C10H14N4O/c11-10-12-4-3-9(14-10)13-7-5-6-1-2-8(7)15-6/h3-4,6-8H,1-2,5H2,(H3,11,12,13,14). The van der Waals surface area contributed by atoms with Crippen LogP contribution in [0.4, 0.5) is 11.8 Å². The van der Waals surface area contributed by atoms with Crippen molar-refractivity contribution in [3.63, 3.8) is 0 Å². The maximum Gasteiger partial charge on any atom is 0.221 e. The van der Waals surface area contributed by atoms with Gasteiger partial charge in [-0.2, -0.15) is 4.98 Å². The van der Waals surface area contributed by atoms with Gasteiger partial charge in [-0.05, 0) is 25.3 Å². The normalized spacial score (nSPS) is 33.2. The Hall–Kier alpha value is -1.36. The number of nitrogens with one attached hydrogen (secondary N) is 1. The summed E-state index contributed by atoms with van der Waals surface area (Å²) in [6, 6.07) is 2.22. The van der Waals surface area contributed by atoms with Crippen LogP contribution in [0, 0.1) is 0 Å². The number of hydrogen-bond acceptors (Lipinski definition) is 5. The summed E-state index contributed by atoms with van der Waals surface area (Å²) in [4.78, 5) is 7.98. The molecule has 0 aromatic carbocycles. The number of aromatic nitrogens is 2. The van der Waals surface area contributed by atoms with E-state index < -0.39 is 0 Å². The molecule has 1 aromatic heterocycles. The van der Waals surface area contributed by atoms with Gasteiger partial charge in [0.05, 0.1) is 18.2 Å². The van der Waals surface area contributed by atoms with Gasteiger partial charge in [0.2, 0.25) is 5.95 Å². The van der Waals surface area contributed by atoms with Crippen molar-refractivity contribution in [2.45, 2.75) is 37.5 Å². The van der Waals surface area contributed by atoms with Crippen LogP contribution in [0.2, 0.25) is 0 Å². The molecule has 2 aliphatic rings. The molecule has 15 heavy (non-hydrogen) atoms. The topological polar surface area (TPSA) is 73.1 Å². The van der Waals surface area contributed by atoms with Gasteiger partial charge in [0.1, 0.15) is 5.82 Å². The predicted molar refractivity (Wildman–Crippen MR) is 56.4 cm³/mol. The molecule has 2 fully saturated rings. The molecule has 3 atom stereocenters. The molecule has 2 bridgehead atoms. The van der Waals surface area contributed by atoms with Gasteiger partial charge in [-0.1, -0.05) is 0 Å². The van der Waals surface area contributed by atoms with E-state index in [1.807, 2.05) is 6.07 Å². The first-order valence-corrected chi connectivity index (χ1v) is 5.32. The predicted octanol–water partition coefficient (Wildman–Crippen LogP) is 0.791. The van der Waals surface area contributed by atoms with E-state index in [1.54, 1.807) is 6.20 Å². The summed E-state index contributed by atoms with van der Waals surface area (Å²) in [6.45, 7) is 0. The molecule has 5 nitrogen and oxygen atoms in total. The molecule has 2 saturated heterocycles. The largest absolute Gasteiger partial charge is 0.373 e. The Morgan fingerprint density at radius 1 is 1.47 bits per heavy atom. The molecule has 2 aliphatic heterocycles. The Balaban J connectivity index is 1.71. The van der Waals surface area contributed by atoms with E-state index >= 15 is 0 Å². The minimum atomic E-state index is 0.309. The second kappa shape index (κ2) is 3.34. The number of hydrogen-bond donors (Lipinski definition) is 2. The molecular formula is C10H14N4O. The van der Waals surface area contributed by atoms with Crippen LogP contribution in [-0.2, 0) is 4.74 Å². The second-order valence-electron chi connectivity index (χ2n) is 4.16. The van der Waals surface area contributed by atoms with Gasteiger partial charge in [0, 0.05) is 6.20 Å². The lowest BCUT2D eigenvalue weighted by Crippen LogP contribution is -2.30. The number of ether oxygens (including phenoxy) is 1. The average Bonchev–Trinajstić information content (AvgIpc) is 2.79. The van der Waals surface area contributed by atoms with Crippen LogP contribution in [0.1, 0.15) is 19.3 Å². The first kappa shape index (κ1) is 8.91. The number of nitrogen functional groups attached to an aromatic ring is 1. The van der Waals surface area contributed by atoms with Crippen molar-refractivity contribution in [1.82, 2.24) is 9.97 Å². The number of nitrogens with zero attached hydrogens (tertiary/aromatic N) is 2. The van der Waals surface area contributed by atoms with Crippen LogP contribution < -0.4 is 11.1 Å². The quantitative estimate of drug-likeness (QED) is 0.748. The fraction of sp³-hybridized carbons (Fsp3) is 0.600. The average molecular weight is 206 g/mol. The minimum Gasteiger partial charge on any atom is -0.373 e. The van der Waals surface area contributed by atoms with Gasteiger partial charge in [-0.3, -0.25) is 0 Å². The molecule has 80 valence electrons. The summed E-state index contributed by atoms with van der Waals surface area (Å²) in [5, 5.41) is 3.36. The first-order chi connectivity index (χ1) is 7.31. The van der Waals surface area contributed by atoms with E-state index in [9.17, 15) is 0 Å². The molecule has 5 heteroatoms. The zero-order valence-electron chi connectivity index (χ0n) is 8.39. The van der Waals surface area contributed by atoms with Gasteiger partial charge >= 0.3 is 0 Å². The van der Waals surface area contributed by atoms with Gasteiger partial charge in [0.15, 0.2) is 0 Å². The van der Waals surface area contributed by atoms with Crippen LogP contribution in [0.15, 0.2) is 12.3 Å². The van der Waals surface area contributed by atoms with Crippen molar-refractivity contribution >= 4 is 11.8 Å². The fourth-order valence-corrected chi connectivity index (χ4v) is 2.43. The molecule has 0 radical (unpaired) electrons. The zero-order valence-corrected chi connectivity index (χ0v) is 8.39. The van der Waals surface area contributed by atoms with Gasteiger partial charge in [0.25, 0.3) is 0 Å². The molecule has 0 saturated carbocycles. The van der Waals surface area contributed by atoms with E-state index in [2.05, 4.69) is 15.3 Å². The molecule has 1 aromatic rings. The highest BCUT2D eigenvalue weighted by molar-refractivity contribution is 5.39. The third-order valence-electron chi connectivity index (χ3n) is 3.11. The molecule has 0 amide bonds. The molecular weight excluding hydrogens is 192 g/mol. The summed E-state index contributed by atoms with van der Waals surface area (Å²) in [5.74, 6) is 1.10. The Morgan fingerprint density at radius 3 is 3.07 bits per heavy atom. The van der Waals surface area contributed by atoms with Crippen LogP contribution >= 0.6 is 0 Å². The summed E-state index contributed by atoms with van der Waals surface area (Å²) < 4.78 is 5.75.